The summed E-state index contributed by atoms with van der Waals surface area (Å²) < 4.78 is 71.3. The molecule has 5 heterocycles. The molecule has 0 radical (unpaired) electrons. The van der Waals surface area contributed by atoms with Crippen LogP contribution in [0.3, 0.4) is 0 Å². The van der Waals surface area contributed by atoms with Gasteiger partial charge in [0, 0.05) is 62.1 Å². The number of carbonyl (C=O) groups is 3. The average Bonchev–Trinajstić information content (AvgIpc) is 3.13. The molecule has 60 heavy (non-hydrogen) atoms. The molecule has 1 aliphatic heterocycles. The molecule has 5 rings (SSSR count). The highest BCUT2D eigenvalue weighted by Gasteiger charge is 2.20. The lowest BCUT2D eigenvalue weighted by Crippen LogP contribution is -2.27. The van der Waals surface area contributed by atoms with Crippen LogP contribution in [0.5, 0.6) is 0 Å². The lowest BCUT2D eigenvalue weighted by atomic mass is 10.1. The normalized spacial score (nSPS) is 11.5. The highest BCUT2D eigenvalue weighted by atomic mass is 127. The van der Waals surface area contributed by atoms with Crippen LogP contribution in [-0.2, 0) is 30.2 Å². The van der Waals surface area contributed by atoms with Crippen LogP contribution in [0, 0.1) is 26.8 Å². The van der Waals surface area contributed by atoms with Crippen LogP contribution in [0.1, 0.15) is 67.4 Å². The second kappa shape index (κ2) is 27.0. The third kappa shape index (κ3) is 23.6. The minimum absolute atomic E-state index is 0.0967. The Balaban J connectivity index is 0.000000384. The summed E-state index contributed by atoms with van der Waals surface area (Å²) in [5.41, 5.74) is -0.669. The molecule has 3 N–H and O–H groups in total. The fraction of sp³-hybridized carbons (Fsp3) is 0.375. The van der Waals surface area contributed by atoms with Crippen molar-refractivity contribution in [1.82, 2.24) is 19.9 Å². The van der Waals surface area contributed by atoms with Crippen LogP contribution >= 0.6 is 34.2 Å². The van der Waals surface area contributed by atoms with Gasteiger partial charge in [-0.25, -0.2) is 47.1 Å². The van der Waals surface area contributed by atoms with E-state index in [2.05, 4.69) is 42.5 Å². The molecule has 4 aromatic rings. The molecule has 0 aliphatic carbocycles. The molecule has 4 aromatic heterocycles. The van der Waals surface area contributed by atoms with Crippen LogP contribution in [0.4, 0.5) is 44.6 Å². The highest BCUT2D eigenvalue weighted by Crippen LogP contribution is 2.22. The largest absolute Gasteiger partial charge is 0.444 e. The number of rotatable bonds is 7. The molecule has 3 amide bonds. The van der Waals surface area contributed by atoms with Crippen molar-refractivity contribution in [2.24, 2.45) is 0 Å². The van der Waals surface area contributed by atoms with E-state index in [0.29, 0.717) is 37.4 Å². The quantitative estimate of drug-likeness (QED) is 0.0528. The van der Waals surface area contributed by atoms with Gasteiger partial charge < -0.3 is 24.3 Å². The number of pyridine rings is 4. The van der Waals surface area contributed by atoms with Crippen LogP contribution in [0.2, 0.25) is 5.15 Å². The summed E-state index contributed by atoms with van der Waals surface area (Å²) in [4.78, 5) is 48.5. The summed E-state index contributed by atoms with van der Waals surface area (Å²) in [6.45, 7) is 19.2. The van der Waals surface area contributed by atoms with Gasteiger partial charge >= 0.3 is 12.2 Å². The summed E-state index contributed by atoms with van der Waals surface area (Å²) in [5.74, 6) is -0.978. The van der Waals surface area contributed by atoms with Gasteiger partial charge in [0.05, 0.1) is 3.57 Å². The average molecular weight is 978 g/mol. The number of carbonyl (C=O) groups excluding carboxylic acids is 3. The lowest BCUT2D eigenvalue weighted by molar-refractivity contribution is -0.116. The molecular formula is C40H49ClF4IN7O7. The molecule has 0 atom stereocenters. The number of hydrogen-bond donors (Lipinski definition) is 3. The summed E-state index contributed by atoms with van der Waals surface area (Å²) >= 11 is 7.06. The van der Waals surface area contributed by atoms with Gasteiger partial charge in [-0.1, -0.05) is 18.2 Å². The summed E-state index contributed by atoms with van der Waals surface area (Å²) in [5, 5.41) is 7.41. The fourth-order valence-electron chi connectivity index (χ4n) is 3.93. The molecular weight excluding hydrogens is 929 g/mol. The minimum atomic E-state index is -0.652. The molecule has 0 unspecified atom stereocenters. The zero-order valence-electron chi connectivity index (χ0n) is 34.4. The maximum Gasteiger partial charge on any atom is 0.413 e. The van der Waals surface area contributed by atoms with Crippen molar-refractivity contribution in [3.63, 3.8) is 0 Å². The molecule has 0 saturated carbocycles. The number of nitrogens with one attached hydrogen (secondary N) is 3. The molecule has 0 bridgehead atoms. The number of hydrogen-bond acceptors (Lipinski definition) is 11. The smallest absolute Gasteiger partial charge is 0.413 e. The van der Waals surface area contributed by atoms with E-state index in [1.807, 2.05) is 13.8 Å². The Bertz CT molecular complexity index is 1970. The first-order valence-electron chi connectivity index (χ1n) is 18.0. The molecule has 328 valence electrons. The zero-order chi connectivity index (χ0) is 45.5. The Kier molecular flexibility index (Phi) is 23.8. The number of aromatic nitrogens is 4. The number of nitrogens with zero attached hydrogens (tertiary/aromatic N) is 4. The van der Waals surface area contributed by atoms with Crippen LogP contribution in [0.15, 0.2) is 73.8 Å². The van der Waals surface area contributed by atoms with E-state index in [1.165, 1.54) is 49.1 Å². The molecule has 0 spiro atoms. The SMILES string of the molecule is C=CC(OCC)OCC.CC(C)(C)OC(=O)Nc1cc(F)ccn1.CC(C)(C)OC(=O)Nc1nccc(F)c1I.Fc1ccnc(Cl)c1.O=C1CCc2c(F)ccnc2N1. The van der Waals surface area contributed by atoms with Crippen molar-refractivity contribution >= 4 is 69.7 Å². The van der Waals surface area contributed by atoms with Gasteiger partial charge in [-0.2, -0.15) is 0 Å². The molecule has 0 saturated heterocycles. The Hall–Kier alpha value is -4.99. The van der Waals surface area contributed by atoms with Gasteiger partial charge in [0.2, 0.25) is 5.91 Å². The van der Waals surface area contributed by atoms with Gasteiger partial charge in [0.1, 0.15) is 51.3 Å². The molecule has 1 aliphatic rings. The highest BCUT2D eigenvalue weighted by molar-refractivity contribution is 14.1. The predicted octanol–water partition coefficient (Wildman–Crippen LogP) is 10.3. The second-order valence-corrected chi connectivity index (χ2v) is 15.0. The number of halogens is 6. The first-order valence-corrected chi connectivity index (χ1v) is 19.5. The van der Waals surface area contributed by atoms with Crippen molar-refractivity contribution < 1.29 is 50.9 Å². The van der Waals surface area contributed by atoms with E-state index in [1.54, 1.807) is 70.2 Å². The second-order valence-electron chi connectivity index (χ2n) is 13.5. The van der Waals surface area contributed by atoms with Crippen LogP contribution in [0.25, 0.3) is 0 Å². The molecule has 0 fully saturated rings. The fourth-order valence-corrected chi connectivity index (χ4v) is 4.54. The Morgan fingerprint density at radius 2 is 1.33 bits per heavy atom. The van der Waals surface area contributed by atoms with E-state index >= 15 is 0 Å². The minimum Gasteiger partial charge on any atom is -0.444 e. The van der Waals surface area contributed by atoms with Gasteiger partial charge in [0.15, 0.2) is 12.1 Å². The van der Waals surface area contributed by atoms with E-state index in [4.69, 9.17) is 30.5 Å². The van der Waals surface area contributed by atoms with Crippen molar-refractivity contribution in [3.05, 3.63) is 111 Å². The van der Waals surface area contributed by atoms with E-state index < -0.39 is 35.0 Å². The molecule has 20 heteroatoms. The standard InChI is InChI=1S/C10H12FIN2O2.C10H13FN2O2.C8H7FN2O.C7H14O2.C5H3ClFN/c1-10(2,3)16-9(15)14-8-7(12)6(11)4-5-13-8;1-10(2,3)15-9(14)13-8-6-7(11)4-5-12-8;9-6-3-4-10-8-5(6)1-2-7(12)11-8;1-4-7(8-5-2)9-6-3;6-5-3-4(7)1-2-8-5/h4-5H,1-3H3,(H,13,14,15);4-6H,1-3H3,(H,12,13,14);3-4H,1-2H2,(H,10,11,12);4,7H,1,5-6H2,2-3H3;1-3H. The third-order valence-corrected chi connectivity index (χ3v) is 7.45. The van der Waals surface area contributed by atoms with Gasteiger partial charge in [-0.05, 0) is 115 Å². The van der Waals surface area contributed by atoms with Gasteiger partial charge in [0.25, 0.3) is 0 Å². The first kappa shape index (κ1) is 53.0. The van der Waals surface area contributed by atoms with Gasteiger partial charge in [-0.15, -0.1) is 0 Å². The maximum absolute atomic E-state index is 13.1. The maximum atomic E-state index is 13.1. The van der Waals surface area contributed by atoms with Crippen LogP contribution < -0.4 is 16.0 Å². The van der Waals surface area contributed by atoms with Crippen molar-refractivity contribution in [2.45, 2.75) is 85.7 Å². The zero-order valence-corrected chi connectivity index (χ0v) is 37.3. The van der Waals surface area contributed by atoms with E-state index in [9.17, 15) is 31.9 Å². The Morgan fingerprint density at radius 1 is 0.817 bits per heavy atom. The summed E-state index contributed by atoms with van der Waals surface area (Å²) in [6, 6.07) is 7.23. The van der Waals surface area contributed by atoms with Crippen molar-refractivity contribution in [2.75, 3.05) is 29.2 Å². The number of amides is 3. The van der Waals surface area contributed by atoms with E-state index in [0.717, 1.165) is 12.1 Å². The summed E-state index contributed by atoms with van der Waals surface area (Å²) in [7, 11) is 0. The molecule has 0 aromatic carbocycles. The monoisotopic (exact) mass is 977 g/mol. The first-order chi connectivity index (χ1) is 28.1. The van der Waals surface area contributed by atoms with Crippen molar-refractivity contribution in [1.29, 1.82) is 0 Å². The Labute approximate surface area is 365 Å². The van der Waals surface area contributed by atoms with Gasteiger partial charge in [-0.3, -0.25) is 15.4 Å². The van der Waals surface area contributed by atoms with E-state index in [-0.39, 0.29) is 44.2 Å². The van der Waals surface area contributed by atoms with Crippen molar-refractivity contribution in [3.8, 4) is 0 Å². The predicted molar refractivity (Wildman–Crippen MR) is 228 cm³/mol. The third-order valence-electron chi connectivity index (χ3n) is 6.21. The Morgan fingerprint density at radius 3 is 1.83 bits per heavy atom. The number of anilines is 3. The topological polar surface area (TPSA) is 176 Å². The summed E-state index contributed by atoms with van der Waals surface area (Å²) in [6.07, 6.45) is 6.12. The molecule has 14 nitrogen and oxygen atoms in total. The number of fused-ring (bicyclic) bond motifs is 1. The lowest BCUT2D eigenvalue weighted by Gasteiger charge is -2.19. The number of ether oxygens (including phenoxy) is 4. The van der Waals surface area contributed by atoms with Crippen LogP contribution in [-0.4, -0.2) is 68.7 Å².